The van der Waals surface area contributed by atoms with Crippen LogP contribution in [0.15, 0.2) is 29.2 Å². The fraction of sp³-hybridized carbons (Fsp3) is 0.611. The van der Waals surface area contributed by atoms with Crippen LogP contribution >= 0.6 is 11.3 Å². The third kappa shape index (κ3) is 3.13. The van der Waals surface area contributed by atoms with Crippen molar-refractivity contribution in [3.63, 3.8) is 0 Å². The van der Waals surface area contributed by atoms with Crippen LogP contribution in [0.2, 0.25) is 0 Å². The first-order chi connectivity index (χ1) is 10.6. The molecule has 2 fully saturated rings. The van der Waals surface area contributed by atoms with Gasteiger partial charge in [-0.1, -0.05) is 17.7 Å². The minimum atomic E-state index is -0.227. The van der Waals surface area contributed by atoms with Gasteiger partial charge in [0.2, 0.25) is 5.91 Å². The first kappa shape index (κ1) is 15.8. The SMILES string of the molecule is CC(C)=CC[C@@]1(C(=O)NCCc2cccs2)C[C@@H]2CC[C@H]1N2. The highest BCUT2D eigenvalue weighted by molar-refractivity contribution is 7.09. The Morgan fingerprint density at radius 2 is 2.36 bits per heavy atom. The first-order valence-electron chi connectivity index (χ1n) is 8.30. The van der Waals surface area contributed by atoms with Crippen molar-refractivity contribution in [2.75, 3.05) is 6.54 Å². The number of hydrogen-bond acceptors (Lipinski definition) is 3. The van der Waals surface area contributed by atoms with E-state index in [4.69, 9.17) is 0 Å². The summed E-state index contributed by atoms with van der Waals surface area (Å²) in [4.78, 5) is 14.3. The molecule has 3 atom stereocenters. The Kier molecular flexibility index (Phi) is 4.69. The van der Waals surface area contributed by atoms with Crippen LogP contribution in [0, 0.1) is 5.41 Å². The van der Waals surface area contributed by atoms with Crippen LogP contribution in [0.3, 0.4) is 0 Å². The normalized spacial score (nSPS) is 29.5. The third-order valence-corrected chi connectivity index (χ3v) is 6.02. The second-order valence-corrected chi connectivity index (χ2v) is 7.96. The average Bonchev–Trinajstić information content (AvgIpc) is 3.21. The molecule has 3 heterocycles. The van der Waals surface area contributed by atoms with E-state index < -0.39 is 0 Å². The number of amides is 1. The number of fused-ring (bicyclic) bond motifs is 2. The molecule has 2 aliphatic rings. The van der Waals surface area contributed by atoms with Crippen LogP contribution in [-0.4, -0.2) is 24.5 Å². The van der Waals surface area contributed by atoms with Gasteiger partial charge in [-0.2, -0.15) is 0 Å². The molecule has 120 valence electrons. The molecule has 3 nitrogen and oxygen atoms in total. The minimum absolute atomic E-state index is 0.227. The van der Waals surface area contributed by atoms with Gasteiger partial charge in [0.1, 0.15) is 0 Å². The summed E-state index contributed by atoms with van der Waals surface area (Å²) in [7, 11) is 0. The van der Waals surface area contributed by atoms with Gasteiger partial charge in [-0.3, -0.25) is 4.79 Å². The molecule has 0 radical (unpaired) electrons. The largest absolute Gasteiger partial charge is 0.355 e. The van der Waals surface area contributed by atoms with Crippen molar-refractivity contribution in [2.45, 2.75) is 58.0 Å². The van der Waals surface area contributed by atoms with E-state index in [9.17, 15) is 4.79 Å². The van der Waals surface area contributed by atoms with E-state index >= 15 is 0 Å². The molecule has 22 heavy (non-hydrogen) atoms. The number of rotatable bonds is 6. The van der Waals surface area contributed by atoms with E-state index in [1.54, 1.807) is 11.3 Å². The Hall–Kier alpha value is -1.13. The molecule has 0 aliphatic carbocycles. The van der Waals surface area contributed by atoms with Gasteiger partial charge in [0, 0.05) is 23.5 Å². The second-order valence-electron chi connectivity index (χ2n) is 6.92. The summed E-state index contributed by atoms with van der Waals surface area (Å²) < 4.78 is 0. The molecular weight excluding hydrogens is 292 g/mol. The van der Waals surface area contributed by atoms with Gasteiger partial charge < -0.3 is 10.6 Å². The van der Waals surface area contributed by atoms with E-state index in [0.29, 0.717) is 12.1 Å². The van der Waals surface area contributed by atoms with Crippen molar-refractivity contribution in [3.05, 3.63) is 34.0 Å². The number of nitrogens with one attached hydrogen (secondary N) is 2. The lowest BCUT2D eigenvalue weighted by molar-refractivity contribution is -0.132. The number of carbonyl (C=O) groups is 1. The fourth-order valence-electron chi connectivity index (χ4n) is 3.88. The van der Waals surface area contributed by atoms with Crippen molar-refractivity contribution in [2.24, 2.45) is 5.41 Å². The molecule has 1 aromatic rings. The van der Waals surface area contributed by atoms with Crippen LogP contribution < -0.4 is 10.6 Å². The van der Waals surface area contributed by atoms with Gasteiger partial charge in [0.25, 0.3) is 0 Å². The summed E-state index contributed by atoms with van der Waals surface area (Å²) in [6.45, 7) is 4.97. The predicted molar refractivity (Wildman–Crippen MR) is 92.1 cm³/mol. The van der Waals surface area contributed by atoms with Crippen molar-refractivity contribution in [3.8, 4) is 0 Å². The standard InChI is InChI=1S/C18H26N2OS/c1-13(2)7-9-18(12-14-5-6-16(18)20-14)17(21)19-10-8-15-4-3-11-22-15/h3-4,7,11,14,16,20H,5-6,8-10,12H2,1-2H3,(H,19,21)/t14-,16+,18+/m0/s1. The van der Waals surface area contributed by atoms with E-state index in [2.05, 4.69) is 48.1 Å². The van der Waals surface area contributed by atoms with E-state index in [1.165, 1.54) is 16.9 Å². The Labute approximate surface area is 137 Å². The van der Waals surface area contributed by atoms with Gasteiger partial charge in [0.05, 0.1) is 5.41 Å². The van der Waals surface area contributed by atoms with Crippen LogP contribution in [0.5, 0.6) is 0 Å². The number of allylic oxidation sites excluding steroid dienone is 2. The molecule has 0 aromatic carbocycles. The van der Waals surface area contributed by atoms with Crippen LogP contribution in [-0.2, 0) is 11.2 Å². The number of carbonyl (C=O) groups excluding carboxylic acids is 1. The molecule has 2 aliphatic heterocycles. The molecule has 2 bridgehead atoms. The van der Waals surface area contributed by atoms with E-state index in [1.807, 2.05) is 0 Å². The van der Waals surface area contributed by atoms with Gasteiger partial charge >= 0.3 is 0 Å². The summed E-state index contributed by atoms with van der Waals surface area (Å²) in [5.74, 6) is 0.251. The number of hydrogen-bond donors (Lipinski definition) is 2. The summed E-state index contributed by atoms with van der Waals surface area (Å²) in [6.07, 6.45) is 7.40. The maximum Gasteiger partial charge on any atom is 0.228 e. The Balaban J connectivity index is 1.64. The van der Waals surface area contributed by atoms with Crippen LogP contribution in [0.4, 0.5) is 0 Å². The molecule has 0 saturated carbocycles. The maximum atomic E-state index is 12.9. The van der Waals surface area contributed by atoms with Crippen molar-refractivity contribution in [1.29, 1.82) is 0 Å². The Morgan fingerprint density at radius 3 is 2.95 bits per heavy atom. The van der Waals surface area contributed by atoms with Gasteiger partial charge in [-0.15, -0.1) is 11.3 Å². The topological polar surface area (TPSA) is 41.1 Å². The molecule has 1 aromatic heterocycles. The van der Waals surface area contributed by atoms with Gasteiger partial charge in [0.15, 0.2) is 0 Å². The maximum absolute atomic E-state index is 12.9. The third-order valence-electron chi connectivity index (χ3n) is 5.08. The zero-order chi connectivity index (χ0) is 15.6. The molecule has 1 amide bonds. The molecule has 2 saturated heterocycles. The van der Waals surface area contributed by atoms with Crippen molar-refractivity contribution >= 4 is 17.2 Å². The smallest absolute Gasteiger partial charge is 0.228 e. The molecular formula is C18H26N2OS. The highest BCUT2D eigenvalue weighted by Gasteiger charge is 2.54. The minimum Gasteiger partial charge on any atom is -0.355 e. The number of thiophene rings is 1. The lowest BCUT2D eigenvalue weighted by atomic mass is 9.70. The second kappa shape index (κ2) is 6.55. The molecule has 4 heteroatoms. The van der Waals surface area contributed by atoms with Crippen LogP contribution in [0.1, 0.15) is 44.4 Å². The predicted octanol–water partition coefficient (Wildman–Crippen LogP) is 3.27. The van der Waals surface area contributed by atoms with Crippen molar-refractivity contribution in [1.82, 2.24) is 10.6 Å². The van der Waals surface area contributed by atoms with E-state index in [0.717, 1.165) is 32.2 Å². The fourth-order valence-corrected chi connectivity index (χ4v) is 4.59. The monoisotopic (exact) mass is 318 g/mol. The lowest BCUT2D eigenvalue weighted by Gasteiger charge is -2.34. The Morgan fingerprint density at radius 1 is 1.50 bits per heavy atom. The quantitative estimate of drug-likeness (QED) is 0.790. The molecule has 3 rings (SSSR count). The van der Waals surface area contributed by atoms with Gasteiger partial charge in [-0.25, -0.2) is 0 Å². The van der Waals surface area contributed by atoms with Gasteiger partial charge in [-0.05, 0) is 57.4 Å². The Bertz CT molecular complexity index is 547. The van der Waals surface area contributed by atoms with E-state index in [-0.39, 0.29) is 11.3 Å². The highest BCUT2D eigenvalue weighted by Crippen LogP contribution is 2.46. The van der Waals surface area contributed by atoms with Crippen molar-refractivity contribution < 1.29 is 4.79 Å². The zero-order valence-corrected chi connectivity index (χ0v) is 14.3. The average molecular weight is 318 g/mol. The first-order valence-corrected chi connectivity index (χ1v) is 9.18. The summed E-state index contributed by atoms with van der Waals surface area (Å²) in [5, 5.41) is 8.94. The highest BCUT2D eigenvalue weighted by atomic mass is 32.1. The molecule has 0 unspecified atom stereocenters. The van der Waals surface area contributed by atoms with Crippen LogP contribution in [0.25, 0.3) is 0 Å². The zero-order valence-electron chi connectivity index (χ0n) is 13.5. The molecule has 0 spiro atoms. The molecule has 2 N–H and O–H groups in total. The lowest BCUT2D eigenvalue weighted by Crippen LogP contribution is -2.48. The summed E-state index contributed by atoms with van der Waals surface area (Å²) >= 11 is 1.76. The summed E-state index contributed by atoms with van der Waals surface area (Å²) in [6, 6.07) is 5.10. The summed E-state index contributed by atoms with van der Waals surface area (Å²) in [5.41, 5.74) is 1.07.